The molecule has 1 aromatic rings. The lowest BCUT2D eigenvalue weighted by molar-refractivity contribution is -0.129. The number of para-hydroxylation sites is 1. The van der Waals surface area contributed by atoms with Crippen LogP contribution in [0.1, 0.15) is 13.3 Å². The molecule has 1 rings (SSSR count). The van der Waals surface area contributed by atoms with Crippen molar-refractivity contribution in [2.24, 2.45) is 5.73 Å². The first-order chi connectivity index (χ1) is 7.69. The summed E-state index contributed by atoms with van der Waals surface area (Å²) >= 11 is 0. The number of esters is 1. The molecule has 0 heterocycles. The minimum absolute atomic E-state index is 0.133. The number of nitriles is 1. The highest BCUT2D eigenvalue weighted by molar-refractivity contribution is 5.94. The molecule has 0 bridgehead atoms. The second-order valence-electron chi connectivity index (χ2n) is 3.07. The first-order valence-corrected chi connectivity index (χ1v) is 4.85. The lowest BCUT2D eigenvalue weighted by Crippen LogP contribution is -2.15. The maximum Gasteiger partial charge on any atom is 0.356 e. The third-order valence-corrected chi connectivity index (χ3v) is 1.97. The van der Waals surface area contributed by atoms with E-state index < -0.39 is 5.97 Å². The largest absolute Gasteiger partial charge is 0.422 e. The number of benzene rings is 1. The molecular weight excluding hydrogens is 204 g/mol. The quantitative estimate of drug-likeness (QED) is 0.361. The fourth-order valence-electron chi connectivity index (χ4n) is 1.07. The van der Waals surface area contributed by atoms with Crippen molar-refractivity contribution < 1.29 is 9.53 Å². The van der Waals surface area contributed by atoms with E-state index in [4.69, 9.17) is 15.7 Å². The standard InChI is InChI=1S/C12H12N2O2/c1-2-11(14)10(8-13)12(15)16-9-6-4-3-5-7-9/h3-7H,2,14H2,1H3. The predicted octanol–water partition coefficient (Wildman–Crippen LogP) is 1.74. The SMILES string of the molecule is CCC(N)=C(C#N)C(=O)Oc1ccccc1. The number of hydrogen-bond donors (Lipinski definition) is 1. The second-order valence-corrected chi connectivity index (χ2v) is 3.07. The van der Waals surface area contributed by atoms with E-state index in [9.17, 15) is 4.79 Å². The Balaban J connectivity index is 2.85. The Morgan fingerprint density at radius 1 is 1.44 bits per heavy atom. The van der Waals surface area contributed by atoms with Crippen molar-refractivity contribution in [1.29, 1.82) is 5.26 Å². The molecule has 0 unspecified atom stereocenters. The van der Waals surface area contributed by atoms with E-state index in [2.05, 4.69) is 0 Å². The van der Waals surface area contributed by atoms with Crippen LogP contribution in [0.25, 0.3) is 0 Å². The van der Waals surface area contributed by atoms with E-state index in [0.29, 0.717) is 12.2 Å². The van der Waals surface area contributed by atoms with Crippen molar-refractivity contribution in [3.8, 4) is 11.8 Å². The molecule has 1 aromatic carbocycles. The van der Waals surface area contributed by atoms with Crippen LogP contribution in [0, 0.1) is 11.3 Å². The van der Waals surface area contributed by atoms with E-state index in [1.165, 1.54) is 0 Å². The van der Waals surface area contributed by atoms with Gasteiger partial charge in [0.2, 0.25) is 0 Å². The molecule has 2 N–H and O–H groups in total. The third-order valence-electron chi connectivity index (χ3n) is 1.97. The summed E-state index contributed by atoms with van der Waals surface area (Å²) in [5.74, 6) is -0.322. The molecule has 4 heteroatoms. The molecule has 0 aromatic heterocycles. The molecule has 0 aliphatic rings. The Morgan fingerprint density at radius 2 is 2.06 bits per heavy atom. The van der Waals surface area contributed by atoms with Gasteiger partial charge in [-0.05, 0) is 18.6 Å². The number of carbonyl (C=O) groups is 1. The molecule has 0 radical (unpaired) electrons. The van der Waals surface area contributed by atoms with Gasteiger partial charge in [0.1, 0.15) is 11.8 Å². The zero-order chi connectivity index (χ0) is 12.0. The van der Waals surface area contributed by atoms with Gasteiger partial charge in [-0.15, -0.1) is 0 Å². The van der Waals surface area contributed by atoms with Gasteiger partial charge in [0.25, 0.3) is 0 Å². The van der Waals surface area contributed by atoms with Gasteiger partial charge in [-0.2, -0.15) is 5.26 Å². The van der Waals surface area contributed by atoms with E-state index in [-0.39, 0.29) is 11.3 Å². The topological polar surface area (TPSA) is 76.1 Å². The average Bonchev–Trinajstić information content (AvgIpc) is 2.31. The Bertz CT molecular complexity index is 444. The Labute approximate surface area is 93.9 Å². The van der Waals surface area contributed by atoms with Gasteiger partial charge in [-0.3, -0.25) is 0 Å². The van der Waals surface area contributed by atoms with E-state index in [1.54, 1.807) is 43.3 Å². The van der Waals surface area contributed by atoms with Crippen LogP contribution in [0.2, 0.25) is 0 Å². The summed E-state index contributed by atoms with van der Waals surface area (Å²) in [6.07, 6.45) is 0.437. The third kappa shape index (κ3) is 2.85. The molecule has 0 saturated carbocycles. The molecule has 0 fully saturated rings. The number of ether oxygens (including phenoxy) is 1. The van der Waals surface area contributed by atoms with Gasteiger partial charge in [0.05, 0.1) is 0 Å². The van der Waals surface area contributed by atoms with Crippen molar-refractivity contribution in [1.82, 2.24) is 0 Å². The van der Waals surface area contributed by atoms with Crippen molar-refractivity contribution in [2.45, 2.75) is 13.3 Å². The molecule has 0 atom stereocenters. The van der Waals surface area contributed by atoms with Gasteiger partial charge >= 0.3 is 5.97 Å². The zero-order valence-electron chi connectivity index (χ0n) is 8.93. The van der Waals surface area contributed by atoms with Gasteiger partial charge in [0.15, 0.2) is 5.57 Å². The monoisotopic (exact) mass is 216 g/mol. The number of rotatable bonds is 3. The minimum atomic E-state index is -0.715. The minimum Gasteiger partial charge on any atom is -0.422 e. The molecular formula is C12H12N2O2. The lowest BCUT2D eigenvalue weighted by Gasteiger charge is -2.04. The van der Waals surface area contributed by atoms with Crippen LogP contribution in [-0.4, -0.2) is 5.97 Å². The highest BCUT2D eigenvalue weighted by Gasteiger charge is 2.14. The van der Waals surface area contributed by atoms with Crippen LogP contribution in [0.3, 0.4) is 0 Å². The van der Waals surface area contributed by atoms with Gasteiger partial charge in [-0.1, -0.05) is 25.1 Å². The van der Waals surface area contributed by atoms with Crippen LogP contribution in [0.15, 0.2) is 41.6 Å². The van der Waals surface area contributed by atoms with Crippen LogP contribution >= 0.6 is 0 Å². The smallest absolute Gasteiger partial charge is 0.356 e. The highest BCUT2D eigenvalue weighted by atomic mass is 16.5. The van der Waals surface area contributed by atoms with Crippen molar-refractivity contribution in [3.63, 3.8) is 0 Å². The summed E-state index contributed by atoms with van der Waals surface area (Å²) in [6.45, 7) is 1.77. The number of nitrogens with two attached hydrogens (primary N) is 1. The van der Waals surface area contributed by atoms with Crippen LogP contribution < -0.4 is 10.5 Å². The normalized spacial score (nSPS) is 11.2. The first kappa shape index (κ1) is 11.8. The van der Waals surface area contributed by atoms with Gasteiger partial charge in [-0.25, -0.2) is 4.79 Å². The molecule has 4 nitrogen and oxygen atoms in total. The lowest BCUT2D eigenvalue weighted by atomic mass is 10.2. The maximum atomic E-state index is 11.6. The van der Waals surface area contributed by atoms with Crippen molar-refractivity contribution in [2.75, 3.05) is 0 Å². The second kappa shape index (κ2) is 5.56. The average molecular weight is 216 g/mol. The summed E-state index contributed by atoms with van der Waals surface area (Å²) in [5, 5.41) is 8.79. The molecule has 0 saturated heterocycles. The van der Waals surface area contributed by atoms with Gasteiger partial charge in [0, 0.05) is 5.70 Å². The van der Waals surface area contributed by atoms with Crippen LogP contribution in [0.5, 0.6) is 5.75 Å². The maximum absolute atomic E-state index is 11.6. The number of nitrogens with zero attached hydrogens (tertiary/aromatic N) is 1. The fourth-order valence-corrected chi connectivity index (χ4v) is 1.07. The molecule has 0 aliphatic carbocycles. The van der Waals surface area contributed by atoms with Crippen LogP contribution in [-0.2, 0) is 4.79 Å². The highest BCUT2D eigenvalue weighted by Crippen LogP contribution is 2.12. The molecule has 0 spiro atoms. The number of carbonyl (C=O) groups excluding carboxylic acids is 1. The number of allylic oxidation sites excluding steroid dienone is 1. The van der Waals surface area contributed by atoms with Crippen molar-refractivity contribution in [3.05, 3.63) is 41.6 Å². The van der Waals surface area contributed by atoms with Crippen LogP contribution in [0.4, 0.5) is 0 Å². The molecule has 82 valence electrons. The Morgan fingerprint density at radius 3 is 2.56 bits per heavy atom. The Hall–Kier alpha value is -2.28. The van der Waals surface area contributed by atoms with E-state index in [0.717, 1.165) is 0 Å². The summed E-state index contributed by atoms with van der Waals surface area (Å²) in [4.78, 5) is 11.6. The summed E-state index contributed by atoms with van der Waals surface area (Å²) in [6, 6.07) is 10.3. The zero-order valence-corrected chi connectivity index (χ0v) is 8.93. The molecule has 0 amide bonds. The summed E-state index contributed by atoms with van der Waals surface area (Å²) < 4.78 is 4.99. The molecule has 0 aliphatic heterocycles. The number of hydrogen-bond acceptors (Lipinski definition) is 4. The fraction of sp³-hybridized carbons (Fsp3) is 0.167. The van der Waals surface area contributed by atoms with E-state index in [1.807, 2.05) is 0 Å². The van der Waals surface area contributed by atoms with E-state index >= 15 is 0 Å². The predicted molar refractivity (Wildman–Crippen MR) is 59.2 cm³/mol. The Kier molecular flexibility index (Phi) is 4.10. The molecule has 16 heavy (non-hydrogen) atoms. The summed E-state index contributed by atoms with van der Waals surface area (Å²) in [7, 11) is 0. The van der Waals surface area contributed by atoms with Crippen molar-refractivity contribution >= 4 is 5.97 Å². The van der Waals surface area contributed by atoms with Gasteiger partial charge < -0.3 is 10.5 Å². The summed E-state index contributed by atoms with van der Waals surface area (Å²) in [5.41, 5.74) is 5.64. The first-order valence-electron chi connectivity index (χ1n) is 4.85.